The van der Waals surface area contributed by atoms with Gasteiger partial charge >= 0.3 is 0 Å². The predicted octanol–water partition coefficient (Wildman–Crippen LogP) is 2.17. The molecule has 5 nitrogen and oxygen atoms in total. The smallest absolute Gasteiger partial charge is 0.253 e. The van der Waals surface area contributed by atoms with Crippen molar-refractivity contribution in [3.63, 3.8) is 0 Å². The summed E-state index contributed by atoms with van der Waals surface area (Å²) in [5, 5.41) is 13.7. The molecule has 1 aromatic carbocycles. The molecule has 0 saturated carbocycles. The minimum atomic E-state index is -0.547. The molecule has 1 unspecified atom stereocenters. The number of para-hydroxylation sites is 1. The number of aliphatic hydroxyl groups is 1. The van der Waals surface area contributed by atoms with Gasteiger partial charge in [0.15, 0.2) is 0 Å². The lowest BCUT2D eigenvalue weighted by molar-refractivity contribution is 0.0588. The van der Waals surface area contributed by atoms with Crippen molar-refractivity contribution in [1.82, 2.24) is 10.3 Å². The van der Waals surface area contributed by atoms with Gasteiger partial charge in [0.2, 0.25) is 0 Å². The zero-order valence-electron chi connectivity index (χ0n) is 13.5. The molecule has 1 atom stereocenters. The minimum Gasteiger partial charge on any atom is -0.391 e. The molecule has 124 valence electrons. The number of methoxy groups -OCH3 is 1. The van der Waals surface area contributed by atoms with Crippen molar-refractivity contribution >= 4 is 16.8 Å². The summed E-state index contributed by atoms with van der Waals surface area (Å²) in [6, 6.07) is 5.89. The first-order valence-corrected chi connectivity index (χ1v) is 8.28. The third-order valence-electron chi connectivity index (χ3n) is 4.50. The Morgan fingerprint density at radius 1 is 1.39 bits per heavy atom. The lowest BCUT2D eigenvalue weighted by atomic mass is 9.95. The van der Waals surface area contributed by atoms with Gasteiger partial charge in [-0.05, 0) is 43.7 Å². The number of aromatic nitrogens is 1. The summed E-state index contributed by atoms with van der Waals surface area (Å²) in [5.41, 5.74) is 4.27. The van der Waals surface area contributed by atoms with Gasteiger partial charge in [0, 0.05) is 24.7 Å². The summed E-state index contributed by atoms with van der Waals surface area (Å²) in [5.74, 6) is -0.0983. The second-order valence-electron chi connectivity index (χ2n) is 6.17. The fourth-order valence-corrected chi connectivity index (χ4v) is 3.34. The number of aliphatic hydroxyl groups excluding tert-OH is 1. The fraction of sp³-hybridized carbons (Fsp3) is 0.500. The Kier molecular flexibility index (Phi) is 4.98. The molecule has 0 spiro atoms. The largest absolute Gasteiger partial charge is 0.391 e. The van der Waals surface area contributed by atoms with Crippen molar-refractivity contribution < 1.29 is 14.6 Å². The monoisotopic (exact) mass is 316 g/mol. The number of carbonyl (C=O) groups is 1. The molecule has 23 heavy (non-hydrogen) atoms. The number of aryl methyl sites for hydroxylation is 2. The van der Waals surface area contributed by atoms with Gasteiger partial charge in [-0.15, -0.1) is 0 Å². The topological polar surface area (TPSA) is 74.3 Å². The van der Waals surface area contributed by atoms with E-state index < -0.39 is 6.10 Å². The van der Waals surface area contributed by atoms with E-state index in [1.165, 1.54) is 29.5 Å². The molecule has 3 N–H and O–H groups in total. The number of fused-ring (bicyclic) bond motifs is 3. The number of ether oxygens (including phenoxy) is 1. The summed E-state index contributed by atoms with van der Waals surface area (Å²) in [7, 11) is 1.55. The van der Waals surface area contributed by atoms with Crippen LogP contribution in [0.1, 0.15) is 40.9 Å². The van der Waals surface area contributed by atoms with E-state index in [0.29, 0.717) is 18.5 Å². The molecule has 5 heteroatoms. The number of rotatable bonds is 6. The highest BCUT2D eigenvalue weighted by atomic mass is 16.5. The van der Waals surface area contributed by atoms with E-state index in [1.807, 2.05) is 12.1 Å². The lowest BCUT2D eigenvalue weighted by Crippen LogP contribution is -2.28. The number of amides is 1. The Morgan fingerprint density at radius 3 is 3.04 bits per heavy atom. The van der Waals surface area contributed by atoms with E-state index in [0.717, 1.165) is 18.4 Å². The Bertz CT molecular complexity index is 693. The molecule has 0 radical (unpaired) electrons. The fourth-order valence-electron chi connectivity index (χ4n) is 3.34. The number of aromatic amines is 1. The van der Waals surface area contributed by atoms with Crippen molar-refractivity contribution in [2.75, 3.05) is 20.3 Å². The maximum atomic E-state index is 12.5. The zero-order chi connectivity index (χ0) is 16.2. The van der Waals surface area contributed by atoms with E-state index >= 15 is 0 Å². The maximum Gasteiger partial charge on any atom is 0.253 e. The van der Waals surface area contributed by atoms with E-state index in [9.17, 15) is 9.90 Å². The van der Waals surface area contributed by atoms with Crippen LogP contribution in [-0.4, -0.2) is 42.4 Å². The van der Waals surface area contributed by atoms with Gasteiger partial charge in [0.1, 0.15) is 0 Å². The zero-order valence-corrected chi connectivity index (χ0v) is 13.5. The third-order valence-corrected chi connectivity index (χ3v) is 4.50. The Balaban J connectivity index is 1.74. The number of hydrogen-bond acceptors (Lipinski definition) is 3. The highest BCUT2D eigenvalue weighted by Crippen LogP contribution is 2.30. The molecule has 0 bridgehead atoms. The summed E-state index contributed by atoms with van der Waals surface area (Å²) < 4.78 is 4.88. The number of benzene rings is 1. The van der Waals surface area contributed by atoms with Gasteiger partial charge in [-0.25, -0.2) is 0 Å². The van der Waals surface area contributed by atoms with E-state index in [1.54, 1.807) is 7.11 Å². The van der Waals surface area contributed by atoms with E-state index in [2.05, 4.69) is 16.4 Å². The third kappa shape index (κ3) is 3.41. The highest BCUT2D eigenvalue weighted by Gasteiger charge is 2.19. The Hall–Kier alpha value is -1.85. The second kappa shape index (κ2) is 7.15. The Morgan fingerprint density at radius 2 is 2.22 bits per heavy atom. The summed E-state index contributed by atoms with van der Waals surface area (Å²) >= 11 is 0. The average Bonchev–Trinajstić information content (AvgIpc) is 2.93. The van der Waals surface area contributed by atoms with E-state index in [4.69, 9.17) is 4.74 Å². The molecule has 0 saturated heterocycles. The van der Waals surface area contributed by atoms with Crippen LogP contribution < -0.4 is 5.32 Å². The number of hydrogen-bond donors (Lipinski definition) is 3. The molecular weight excluding hydrogens is 292 g/mol. The minimum absolute atomic E-state index is 0.0983. The average molecular weight is 316 g/mol. The molecule has 0 aliphatic heterocycles. The van der Waals surface area contributed by atoms with Crippen LogP contribution in [0.25, 0.3) is 10.9 Å². The van der Waals surface area contributed by atoms with Crippen LogP contribution in [0.2, 0.25) is 0 Å². The lowest BCUT2D eigenvalue weighted by Gasteiger charge is -2.10. The first-order chi connectivity index (χ1) is 11.2. The number of H-pyrrole nitrogens is 1. The predicted molar refractivity (Wildman–Crippen MR) is 89.8 cm³/mol. The summed E-state index contributed by atoms with van der Waals surface area (Å²) in [4.78, 5) is 15.9. The van der Waals surface area contributed by atoms with Gasteiger partial charge < -0.3 is 20.1 Å². The first kappa shape index (κ1) is 16.0. The van der Waals surface area contributed by atoms with Crippen molar-refractivity contribution in [3.8, 4) is 0 Å². The normalized spacial score (nSPS) is 15.4. The van der Waals surface area contributed by atoms with Crippen molar-refractivity contribution in [1.29, 1.82) is 0 Å². The molecule has 0 fully saturated rings. The summed E-state index contributed by atoms with van der Waals surface area (Å²) in [6.07, 6.45) is 4.51. The van der Waals surface area contributed by atoms with Gasteiger partial charge in [-0.2, -0.15) is 0 Å². The van der Waals surface area contributed by atoms with Gasteiger partial charge in [0.25, 0.3) is 5.91 Å². The van der Waals surface area contributed by atoms with Crippen LogP contribution in [0, 0.1) is 0 Å². The molecule has 2 aromatic rings. The van der Waals surface area contributed by atoms with Gasteiger partial charge in [-0.1, -0.05) is 12.1 Å². The second-order valence-corrected chi connectivity index (χ2v) is 6.17. The number of carbonyl (C=O) groups excluding carboxylic acids is 1. The van der Waals surface area contributed by atoms with Crippen LogP contribution >= 0.6 is 0 Å². The van der Waals surface area contributed by atoms with Crippen molar-refractivity contribution in [3.05, 3.63) is 35.0 Å². The quantitative estimate of drug-likeness (QED) is 0.764. The van der Waals surface area contributed by atoms with Gasteiger partial charge in [0.05, 0.1) is 23.8 Å². The van der Waals surface area contributed by atoms with Gasteiger partial charge in [-0.3, -0.25) is 4.79 Å². The first-order valence-electron chi connectivity index (χ1n) is 8.28. The SMILES string of the molecule is COCC(O)CCNC(=O)c1cccc2c3c([nH]c12)CCCC3. The maximum absolute atomic E-state index is 12.5. The van der Waals surface area contributed by atoms with Crippen molar-refractivity contribution in [2.24, 2.45) is 0 Å². The number of nitrogens with one attached hydrogen (secondary N) is 2. The summed E-state index contributed by atoms with van der Waals surface area (Å²) in [6.45, 7) is 0.717. The molecule has 1 aromatic heterocycles. The van der Waals surface area contributed by atoms with Crippen LogP contribution in [0.15, 0.2) is 18.2 Å². The Labute approximate surface area is 136 Å². The molecule has 1 amide bonds. The van der Waals surface area contributed by atoms with Crippen LogP contribution in [-0.2, 0) is 17.6 Å². The molecule has 3 rings (SSSR count). The highest BCUT2D eigenvalue weighted by molar-refractivity contribution is 6.06. The molecule has 1 aliphatic rings. The molecular formula is C18H24N2O3. The molecule has 1 aliphatic carbocycles. The van der Waals surface area contributed by atoms with Crippen molar-refractivity contribution in [2.45, 2.75) is 38.2 Å². The molecule has 1 heterocycles. The van der Waals surface area contributed by atoms with Crippen LogP contribution in [0.5, 0.6) is 0 Å². The van der Waals surface area contributed by atoms with Crippen LogP contribution in [0.3, 0.4) is 0 Å². The van der Waals surface area contributed by atoms with Crippen LogP contribution in [0.4, 0.5) is 0 Å². The standard InChI is InChI=1S/C18H24N2O3/c1-23-11-12(21)9-10-19-18(22)15-7-4-6-14-13-5-2-3-8-16(13)20-17(14)15/h4,6-7,12,20-21H,2-3,5,8-11H2,1H3,(H,19,22). The van der Waals surface area contributed by atoms with E-state index in [-0.39, 0.29) is 12.5 Å².